The predicted molar refractivity (Wildman–Crippen MR) is 105 cm³/mol. The summed E-state index contributed by atoms with van der Waals surface area (Å²) in [5, 5.41) is 26.3. The average molecular weight is 406 g/mol. The molecule has 3 unspecified atom stereocenters. The van der Waals surface area contributed by atoms with Crippen LogP contribution >= 0.6 is 0 Å². The van der Waals surface area contributed by atoms with E-state index in [2.05, 4.69) is 16.0 Å². The number of aliphatic carboxylic acids is 1. The lowest BCUT2D eigenvalue weighted by Crippen LogP contribution is -2.57. The molecule has 0 saturated heterocycles. The number of para-hydroxylation sites is 2. The second-order valence-corrected chi connectivity index (χ2v) is 7.35. The van der Waals surface area contributed by atoms with Crippen molar-refractivity contribution in [3.8, 4) is 0 Å². The molecule has 158 valence electrons. The van der Waals surface area contributed by atoms with Gasteiger partial charge in [0.05, 0.1) is 17.5 Å². The first-order chi connectivity index (χ1) is 13.6. The van der Waals surface area contributed by atoms with Crippen molar-refractivity contribution in [3.05, 3.63) is 24.3 Å². The third kappa shape index (κ3) is 5.67. The van der Waals surface area contributed by atoms with Crippen LogP contribution in [0.5, 0.6) is 0 Å². The van der Waals surface area contributed by atoms with Crippen LogP contribution in [0.1, 0.15) is 27.2 Å². The largest absolute Gasteiger partial charge is 0.480 e. The number of fused-ring (bicyclic) bond motifs is 1. The molecule has 0 radical (unpaired) electrons. The van der Waals surface area contributed by atoms with Crippen LogP contribution in [0.4, 0.5) is 16.2 Å². The minimum absolute atomic E-state index is 0.0119. The van der Waals surface area contributed by atoms with Crippen molar-refractivity contribution in [2.45, 2.75) is 45.4 Å². The fraction of sp³-hybridized carbons (Fsp3) is 0.474. The van der Waals surface area contributed by atoms with Gasteiger partial charge in [-0.25, -0.2) is 9.59 Å². The second kappa shape index (κ2) is 9.37. The second-order valence-electron chi connectivity index (χ2n) is 7.35. The first kappa shape index (κ1) is 22.2. The first-order valence-electron chi connectivity index (χ1n) is 9.28. The van der Waals surface area contributed by atoms with E-state index in [1.165, 1.54) is 11.8 Å². The average Bonchev–Trinajstić information content (AvgIpc) is 2.63. The highest BCUT2D eigenvalue weighted by molar-refractivity contribution is 6.10. The number of benzene rings is 1. The third-order valence-corrected chi connectivity index (χ3v) is 4.38. The molecule has 1 aromatic rings. The number of aliphatic hydroxyl groups is 1. The Kier molecular flexibility index (Phi) is 7.16. The Labute approximate surface area is 168 Å². The number of carbonyl (C=O) groups is 4. The van der Waals surface area contributed by atoms with E-state index >= 15 is 0 Å². The molecular weight excluding hydrogens is 380 g/mol. The van der Waals surface area contributed by atoms with Gasteiger partial charge in [0, 0.05) is 0 Å². The maximum absolute atomic E-state index is 12.8. The number of nitrogens with one attached hydrogen (secondary N) is 3. The molecule has 0 bridgehead atoms. The van der Waals surface area contributed by atoms with E-state index in [0.717, 1.165) is 0 Å². The van der Waals surface area contributed by atoms with Crippen LogP contribution in [0.2, 0.25) is 0 Å². The molecule has 1 heterocycles. The van der Waals surface area contributed by atoms with Crippen LogP contribution in [0.25, 0.3) is 0 Å². The summed E-state index contributed by atoms with van der Waals surface area (Å²) >= 11 is 0. The minimum Gasteiger partial charge on any atom is -0.480 e. The lowest BCUT2D eigenvalue weighted by molar-refractivity contribution is -0.145. The molecule has 5 N–H and O–H groups in total. The van der Waals surface area contributed by atoms with E-state index in [1.54, 1.807) is 24.3 Å². The van der Waals surface area contributed by atoms with Gasteiger partial charge in [0.2, 0.25) is 11.8 Å². The number of nitrogens with zero attached hydrogens (tertiary/aromatic N) is 1. The number of hydrogen-bond donors (Lipinski definition) is 5. The molecule has 0 saturated carbocycles. The zero-order valence-corrected chi connectivity index (χ0v) is 16.5. The molecule has 0 spiro atoms. The number of carbonyl (C=O) groups excluding carboxylic acids is 3. The molecule has 1 aromatic carbocycles. The molecule has 1 aliphatic heterocycles. The zero-order valence-electron chi connectivity index (χ0n) is 16.5. The Morgan fingerprint density at radius 3 is 2.41 bits per heavy atom. The van der Waals surface area contributed by atoms with Crippen molar-refractivity contribution < 1.29 is 29.4 Å². The van der Waals surface area contributed by atoms with E-state index in [-0.39, 0.29) is 24.8 Å². The van der Waals surface area contributed by atoms with Gasteiger partial charge in [0.1, 0.15) is 12.6 Å². The fourth-order valence-corrected chi connectivity index (χ4v) is 2.99. The molecular formula is C19H26N4O6. The summed E-state index contributed by atoms with van der Waals surface area (Å²) in [6.45, 7) is 4.72. The molecule has 3 atom stereocenters. The number of hydrogen-bond acceptors (Lipinski definition) is 5. The quantitative estimate of drug-likeness (QED) is 0.446. The summed E-state index contributed by atoms with van der Waals surface area (Å²) in [6, 6.07) is 3.56. The number of aliphatic hydroxyl groups excluding tert-OH is 1. The van der Waals surface area contributed by atoms with E-state index in [9.17, 15) is 24.3 Å². The summed E-state index contributed by atoms with van der Waals surface area (Å²) in [6.07, 6.45) is -1.07. The van der Waals surface area contributed by atoms with Gasteiger partial charge in [-0.15, -0.1) is 0 Å². The van der Waals surface area contributed by atoms with Gasteiger partial charge in [-0.05, 0) is 31.4 Å². The molecule has 0 aromatic heterocycles. The molecule has 4 amide bonds. The van der Waals surface area contributed by atoms with Gasteiger partial charge in [0.15, 0.2) is 6.04 Å². The van der Waals surface area contributed by atoms with Crippen LogP contribution in [-0.4, -0.2) is 58.8 Å². The first-order valence-corrected chi connectivity index (χ1v) is 9.28. The molecule has 0 aliphatic carbocycles. The van der Waals surface area contributed by atoms with Gasteiger partial charge in [-0.1, -0.05) is 26.0 Å². The predicted octanol–water partition coefficient (Wildman–Crippen LogP) is 0.520. The van der Waals surface area contributed by atoms with E-state index in [4.69, 9.17) is 5.11 Å². The maximum atomic E-state index is 12.8. The third-order valence-electron chi connectivity index (χ3n) is 4.38. The monoisotopic (exact) mass is 406 g/mol. The Balaban J connectivity index is 2.19. The highest BCUT2D eigenvalue weighted by Gasteiger charge is 2.32. The van der Waals surface area contributed by atoms with Crippen LogP contribution < -0.4 is 20.9 Å². The van der Waals surface area contributed by atoms with E-state index in [1.807, 2.05) is 13.8 Å². The number of carboxylic acids is 1. The highest BCUT2D eigenvalue weighted by atomic mass is 16.4. The van der Waals surface area contributed by atoms with Gasteiger partial charge in [-0.3, -0.25) is 14.5 Å². The number of rotatable bonds is 7. The maximum Gasteiger partial charge on any atom is 0.328 e. The summed E-state index contributed by atoms with van der Waals surface area (Å²) < 4.78 is 0. The number of anilines is 2. The normalized spacial score (nSPS) is 16.3. The Hall–Kier alpha value is -3.14. The Morgan fingerprint density at radius 1 is 1.17 bits per heavy atom. The summed E-state index contributed by atoms with van der Waals surface area (Å²) in [4.78, 5) is 49.9. The van der Waals surface area contributed by atoms with Crippen molar-refractivity contribution in [3.63, 3.8) is 0 Å². The van der Waals surface area contributed by atoms with Crippen LogP contribution in [-0.2, 0) is 14.4 Å². The lowest BCUT2D eigenvalue weighted by Gasteiger charge is -2.31. The smallest absolute Gasteiger partial charge is 0.328 e. The lowest BCUT2D eigenvalue weighted by atomic mass is 10.0. The van der Waals surface area contributed by atoms with Crippen LogP contribution in [0, 0.1) is 5.92 Å². The number of amides is 4. The SMILES string of the molecule is CC(C)CC(NC(=O)N1CC(=O)Nc2ccccc21)C(=O)NC(C(=O)O)C(C)O. The number of carboxylic acid groups (broad SMARTS) is 1. The van der Waals surface area contributed by atoms with Crippen LogP contribution in [0.3, 0.4) is 0 Å². The zero-order chi connectivity index (χ0) is 21.7. The fourth-order valence-electron chi connectivity index (χ4n) is 2.99. The van der Waals surface area contributed by atoms with Gasteiger partial charge < -0.3 is 26.2 Å². The Bertz CT molecular complexity index is 795. The Morgan fingerprint density at radius 2 is 1.83 bits per heavy atom. The van der Waals surface area contributed by atoms with Gasteiger partial charge >= 0.3 is 12.0 Å². The molecule has 10 heteroatoms. The van der Waals surface area contributed by atoms with Gasteiger partial charge in [-0.2, -0.15) is 0 Å². The van der Waals surface area contributed by atoms with Crippen molar-refractivity contribution in [1.82, 2.24) is 10.6 Å². The van der Waals surface area contributed by atoms with Crippen molar-refractivity contribution in [2.24, 2.45) is 5.92 Å². The standard InChI is InChI=1S/C19H26N4O6/c1-10(2)8-13(17(26)22-16(11(3)24)18(27)28)21-19(29)23-9-15(25)20-12-6-4-5-7-14(12)23/h4-7,10-11,13,16,24H,8-9H2,1-3H3,(H,20,25)(H,21,29)(H,22,26)(H,27,28). The summed E-state index contributed by atoms with van der Waals surface area (Å²) in [5.74, 6) is -2.47. The van der Waals surface area contributed by atoms with Crippen molar-refractivity contribution in [2.75, 3.05) is 16.8 Å². The summed E-state index contributed by atoms with van der Waals surface area (Å²) in [5.41, 5.74) is 0.963. The molecule has 10 nitrogen and oxygen atoms in total. The van der Waals surface area contributed by atoms with E-state index < -0.39 is 36.1 Å². The molecule has 2 rings (SSSR count). The summed E-state index contributed by atoms with van der Waals surface area (Å²) in [7, 11) is 0. The van der Waals surface area contributed by atoms with E-state index in [0.29, 0.717) is 11.4 Å². The number of urea groups is 1. The highest BCUT2D eigenvalue weighted by Crippen LogP contribution is 2.28. The van der Waals surface area contributed by atoms with Crippen molar-refractivity contribution >= 4 is 35.2 Å². The van der Waals surface area contributed by atoms with Crippen LogP contribution in [0.15, 0.2) is 24.3 Å². The molecule has 0 fully saturated rings. The topological polar surface area (TPSA) is 148 Å². The van der Waals surface area contributed by atoms with Gasteiger partial charge in [0.25, 0.3) is 0 Å². The van der Waals surface area contributed by atoms with Crippen molar-refractivity contribution in [1.29, 1.82) is 0 Å². The minimum atomic E-state index is -1.50. The molecule has 1 aliphatic rings. The molecule has 29 heavy (non-hydrogen) atoms.